The third-order valence-electron chi connectivity index (χ3n) is 3.00. The second kappa shape index (κ2) is 6.57. The summed E-state index contributed by atoms with van der Waals surface area (Å²) >= 11 is 1.39. The first-order valence-electron chi connectivity index (χ1n) is 6.67. The zero-order chi connectivity index (χ0) is 16.2. The first-order chi connectivity index (χ1) is 11.1. The minimum absolute atomic E-state index is 0.282. The lowest BCUT2D eigenvalue weighted by molar-refractivity contribution is 0.102. The van der Waals surface area contributed by atoms with Crippen LogP contribution < -0.4 is 5.32 Å². The van der Waals surface area contributed by atoms with Gasteiger partial charge in [0.25, 0.3) is 5.91 Å². The lowest BCUT2D eigenvalue weighted by Gasteiger charge is -2.10. The van der Waals surface area contributed by atoms with E-state index in [0.717, 1.165) is 11.0 Å². The van der Waals surface area contributed by atoms with Crippen LogP contribution in [0.2, 0.25) is 0 Å². The third kappa shape index (κ3) is 3.54. The van der Waals surface area contributed by atoms with Crippen molar-refractivity contribution in [2.24, 2.45) is 7.05 Å². The van der Waals surface area contributed by atoms with E-state index in [4.69, 9.17) is 0 Å². The first kappa shape index (κ1) is 15.2. The van der Waals surface area contributed by atoms with Crippen molar-refractivity contribution in [3.8, 4) is 0 Å². The van der Waals surface area contributed by atoms with Crippen molar-refractivity contribution in [2.45, 2.75) is 10.1 Å². The van der Waals surface area contributed by atoms with Crippen molar-refractivity contribution < 1.29 is 9.18 Å². The minimum atomic E-state index is -0.625. The monoisotopic (exact) mass is 329 g/mol. The summed E-state index contributed by atoms with van der Waals surface area (Å²) in [4.78, 5) is 16.5. The number of hydrogen-bond donors (Lipinski definition) is 1. The van der Waals surface area contributed by atoms with Crippen LogP contribution in [0.5, 0.6) is 0 Å². The topological polar surface area (TPSA) is 72.7 Å². The zero-order valence-corrected chi connectivity index (χ0v) is 12.9. The number of aromatic nitrogens is 4. The molecule has 1 aromatic carbocycles. The molecular weight excluding hydrogens is 317 g/mol. The Hall–Kier alpha value is -2.74. The number of pyridine rings is 1. The molecule has 0 radical (unpaired) electrons. The van der Waals surface area contributed by atoms with E-state index in [1.807, 2.05) is 25.2 Å². The number of rotatable bonds is 4. The normalized spacial score (nSPS) is 10.5. The van der Waals surface area contributed by atoms with Crippen molar-refractivity contribution in [2.75, 3.05) is 5.32 Å². The van der Waals surface area contributed by atoms with Crippen LogP contribution in [0.25, 0.3) is 0 Å². The number of para-hydroxylation sites is 1. The number of nitrogens with zero attached hydrogens (tertiary/aromatic N) is 4. The predicted octanol–water partition coefficient (Wildman–Crippen LogP) is 2.75. The smallest absolute Gasteiger partial charge is 0.257 e. The molecule has 1 N–H and O–H groups in total. The highest BCUT2D eigenvalue weighted by Crippen LogP contribution is 2.31. The Balaban J connectivity index is 1.81. The van der Waals surface area contributed by atoms with Gasteiger partial charge in [-0.05, 0) is 36.0 Å². The van der Waals surface area contributed by atoms with Crippen molar-refractivity contribution in [1.29, 1.82) is 0 Å². The quantitative estimate of drug-likeness (QED) is 0.745. The SMILES string of the molecule is Cn1cnnc1Sc1ccccc1NC(=O)c1ccc(F)nc1. The van der Waals surface area contributed by atoms with Gasteiger partial charge in [-0.2, -0.15) is 4.39 Å². The highest BCUT2D eigenvalue weighted by Gasteiger charge is 2.12. The van der Waals surface area contributed by atoms with E-state index in [2.05, 4.69) is 20.5 Å². The summed E-state index contributed by atoms with van der Waals surface area (Å²) in [5.74, 6) is -0.983. The Labute approximate surface area is 135 Å². The summed E-state index contributed by atoms with van der Waals surface area (Å²) in [6, 6.07) is 9.88. The Morgan fingerprint density at radius 2 is 2.09 bits per heavy atom. The van der Waals surface area contributed by atoms with Gasteiger partial charge in [0, 0.05) is 18.1 Å². The molecule has 0 fully saturated rings. The van der Waals surface area contributed by atoms with E-state index in [9.17, 15) is 9.18 Å². The summed E-state index contributed by atoms with van der Waals surface area (Å²) in [7, 11) is 1.84. The van der Waals surface area contributed by atoms with Crippen LogP contribution in [0.1, 0.15) is 10.4 Å². The molecule has 0 aliphatic rings. The zero-order valence-electron chi connectivity index (χ0n) is 12.1. The van der Waals surface area contributed by atoms with Gasteiger partial charge in [-0.15, -0.1) is 10.2 Å². The summed E-state index contributed by atoms with van der Waals surface area (Å²) in [5.41, 5.74) is 0.916. The molecule has 3 rings (SSSR count). The Morgan fingerprint density at radius 3 is 2.78 bits per heavy atom. The molecule has 0 spiro atoms. The number of halogens is 1. The van der Waals surface area contributed by atoms with Crippen LogP contribution in [0.4, 0.5) is 10.1 Å². The van der Waals surface area contributed by atoms with Gasteiger partial charge >= 0.3 is 0 Å². The molecule has 2 heterocycles. The number of amides is 1. The van der Waals surface area contributed by atoms with Crippen LogP contribution in [0.15, 0.2) is 59.0 Å². The molecule has 3 aromatic rings. The molecule has 0 saturated heterocycles. The van der Waals surface area contributed by atoms with Crippen molar-refractivity contribution >= 4 is 23.4 Å². The summed E-state index contributed by atoms with van der Waals surface area (Å²) in [6.45, 7) is 0. The standard InChI is InChI=1S/C15H12FN5OS/c1-21-9-18-20-15(21)23-12-5-3-2-4-11(12)19-14(22)10-6-7-13(16)17-8-10/h2-9H,1H3,(H,19,22). The number of carbonyl (C=O) groups excluding carboxylic acids is 1. The number of anilines is 1. The lowest BCUT2D eigenvalue weighted by atomic mass is 10.2. The number of benzene rings is 1. The predicted molar refractivity (Wildman–Crippen MR) is 83.7 cm³/mol. The number of nitrogens with one attached hydrogen (secondary N) is 1. The van der Waals surface area contributed by atoms with Crippen molar-refractivity contribution in [1.82, 2.24) is 19.7 Å². The maximum absolute atomic E-state index is 12.8. The summed E-state index contributed by atoms with van der Waals surface area (Å²) in [6.07, 6.45) is 2.80. The second-order valence-electron chi connectivity index (χ2n) is 4.65. The fourth-order valence-corrected chi connectivity index (χ4v) is 2.68. The Kier molecular flexibility index (Phi) is 4.33. The van der Waals surface area contributed by atoms with E-state index in [1.54, 1.807) is 17.0 Å². The fourth-order valence-electron chi connectivity index (χ4n) is 1.83. The van der Waals surface area contributed by atoms with Crippen LogP contribution in [-0.2, 0) is 7.05 Å². The van der Waals surface area contributed by atoms with Crippen molar-refractivity contribution in [3.05, 3.63) is 60.4 Å². The Morgan fingerprint density at radius 1 is 1.26 bits per heavy atom. The van der Waals surface area contributed by atoms with E-state index >= 15 is 0 Å². The van der Waals surface area contributed by atoms with Crippen molar-refractivity contribution in [3.63, 3.8) is 0 Å². The first-order valence-corrected chi connectivity index (χ1v) is 7.49. The van der Waals surface area contributed by atoms with Gasteiger partial charge in [0.05, 0.1) is 11.3 Å². The molecular formula is C15H12FN5OS. The molecule has 2 aromatic heterocycles. The molecule has 23 heavy (non-hydrogen) atoms. The molecule has 0 bridgehead atoms. The van der Waals surface area contributed by atoms with E-state index in [0.29, 0.717) is 10.8 Å². The number of hydrogen-bond acceptors (Lipinski definition) is 5. The average Bonchev–Trinajstić information content (AvgIpc) is 2.95. The van der Waals surface area contributed by atoms with Gasteiger partial charge in [-0.25, -0.2) is 4.98 Å². The molecule has 0 unspecified atom stereocenters. The minimum Gasteiger partial charge on any atom is -0.321 e. The molecule has 8 heteroatoms. The van der Waals surface area contributed by atoms with Crippen LogP contribution in [-0.4, -0.2) is 25.7 Å². The van der Waals surface area contributed by atoms with E-state index < -0.39 is 5.95 Å². The molecule has 116 valence electrons. The van der Waals surface area contributed by atoms with E-state index in [1.165, 1.54) is 24.0 Å². The van der Waals surface area contributed by atoms with Crippen LogP contribution in [0.3, 0.4) is 0 Å². The van der Waals surface area contributed by atoms with Crippen LogP contribution in [0, 0.1) is 5.95 Å². The third-order valence-corrected chi connectivity index (χ3v) is 4.12. The van der Waals surface area contributed by atoms with Gasteiger partial charge in [0.1, 0.15) is 6.33 Å². The highest BCUT2D eigenvalue weighted by molar-refractivity contribution is 7.99. The van der Waals surface area contributed by atoms with Gasteiger partial charge in [0.2, 0.25) is 5.95 Å². The van der Waals surface area contributed by atoms with Gasteiger partial charge in [0.15, 0.2) is 5.16 Å². The maximum atomic E-state index is 12.8. The largest absolute Gasteiger partial charge is 0.321 e. The second-order valence-corrected chi connectivity index (χ2v) is 5.66. The Bertz CT molecular complexity index is 834. The van der Waals surface area contributed by atoms with Gasteiger partial charge in [-0.3, -0.25) is 4.79 Å². The number of carbonyl (C=O) groups is 1. The highest BCUT2D eigenvalue weighted by atomic mass is 32.2. The summed E-state index contributed by atoms with van der Waals surface area (Å²) in [5, 5.41) is 11.3. The molecule has 0 aliphatic carbocycles. The van der Waals surface area contributed by atoms with Crippen LogP contribution >= 0.6 is 11.8 Å². The van der Waals surface area contributed by atoms with Gasteiger partial charge < -0.3 is 9.88 Å². The average molecular weight is 329 g/mol. The molecule has 0 atom stereocenters. The maximum Gasteiger partial charge on any atom is 0.257 e. The molecule has 6 nitrogen and oxygen atoms in total. The number of aryl methyl sites for hydroxylation is 1. The van der Waals surface area contributed by atoms with E-state index in [-0.39, 0.29) is 11.5 Å². The molecule has 0 saturated carbocycles. The fraction of sp³-hybridized carbons (Fsp3) is 0.0667. The molecule has 1 amide bonds. The van der Waals surface area contributed by atoms with Gasteiger partial charge in [-0.1, -0.05) is 12.1 Å². The lowest BCUT2D eigenvalue weighted by Crippen LogP contribution is -2.13. The molecule has 0 aliphatic heterocycles. The summed E-state index contributed by atoms with van der Waals surface area (Å²) < 4.78 is 14.6.